The van der Waals surface area contributed by atoms with Gasteiger partial charge in [-0.3, -0.25) is 9.59 Å². The topological polar surface area (TPSA) is 88.5 Å². The molecule has 4 rings (SSSR count). The van der Waals surface area contributed by atoms with E-state index in [1.807, 2.05) is 24.3 Å². The van der Waals surface area contributed by atoms with Crippen molar-refractivity contribution in [2.24, 2.45) is 5.92 Å². The molecule has 2 aliphatic rings. The number of nitrogens with zero attached hydrogens (tertiary/aromatic N) is 2. The fourth-order valence-electron chi connectivity index (χ4n) is 4.99. The number of rotatable bonds is 12. The predicted octanol–water partition coefficient (Wildman–Crippen LogP) is 5.04. The van der Waals surface area contributed by atoms with Gasteiger partial charge in [-0.15, -0.1) is 0 Å². The van der Waals surface area contributed by atoms with Crippen LogP contribution >= 0.6 is 0 Å². The monoisotopic (exact) mass is 536 g/mol. The van der Waals surface area contributed by atoms with Crippen LogP contribution in [0.15, 0.2) is 48.0 Å². The number of aliphatic hydroxyl groups is 1. The summed E-state index contributed by atoms with van der Waals surface area (Å²) in [4.78, 5) is 30.7. The average Bonchev–Trinajstić information content (AvgIpc) is 3.19. The molecular weight excluding hydrogens is 496 g/mol. The third kappa shape index (κ3) is 6.56. The molecule has 2 aromatic rings. The van der Waals surface area contributed by atoms with Crippen molar-refractivity contribution in [2.45, 2.75) is 46.6 Å². The van der Waals surface area contributed by atoms with Crippen LogP contribution in [0.4, 0.5) is 0 Å². The number of fused-ring (bicyclic) bond motifs is 1. The van der Waals surface area contributed by atoms with E-state index in [4.69, 9.17) is 14.2 Å². The summed E-state index contributed by atoms with van der Waals surface area (Å²) in [6, 6.07) is 11.8. The fraction of sp³-hybridized carbons (Fsp3) is 0.484. The third-order valence-corrected chi connectivity index (χ3v) is 7.26. The molecule has 0 unspecified atom stereocenters. The number of carbonyl (C=O) groups is 2. The van der Waals surface area contributed by atoms with Crippen LogP contribution in [0.25, 0.3) is 5.76 Å². The maximum absolute atomic E-state index is 13.4. The van der Waals surface area contributed by atoms with E-state index in [1.165, 1.54) is 0 Å². The van der Waals surface area contributed by atoms with E-state index in [-0.39, 0.29) is 11.3 Å². The Morgan fingerprint density at radius 3 is 2.54 bits per heavy atom. The van der Waals surface area contributed by atoms with E-state index in [2.05, 4.69) is 32.6 Å². The van der Waals surface area contributed by atoms with E-state index >= 15 is 0 Å². The highest BCUT2D eigenvalue weighted by molar-refractivity contribution is 6.46. The quantitative estimate of drug-likeness (QED) is 0.231. The van der Waals surface area contributed by atoms with Gasteiger partial charge in [-0.25, -0.2) is 0 Å². The number of ketones is 1. The minimum absolute atomic E-state index is 0.0684. The number of hydrogen-bond acceptors (Lipinski definition) is 7. The summed E-state index contributed by atoms with van der Waals surface area (Å²) in [5, 5.41) is 11.5. The molecule has 2 aromatic carbocycles. The predicted molar refractivity (Wildman–Crippen MR) is 150 cm³/mol. The van der Waals surface area contributed by atoms with Gasteiger partial charge < -0.3 is 29.1 Å². The molecule has 1 saturated heterocycles. The molecule has 2 aliphatic heterocycles. The standard InChI is InChI=1S/C31H40N2O6/c1-5-32(6-2)14-8-15-33-28(22-9-7-10-24(19-22)37-16-13-21(3)4)27(30(35)31(33)36)29(34)23-11-12-25-26(20-23)39-18-17-38-25/h7,9-12,19-21,28,34H,5-6,8,13-18H2,1-4H3/b29-27+/t28-/m1/s1. The third-order valence-electron chi connectivity index (χ3n) is 7.26. The van der Waals surface area contributed by atoms with Crippen molar-refractivity contribution in [3.63, 3.8) is 0 Å². The highest BCUT2D eigenvalue weighted by Gasteiger charge is 2.46. The number of Topliss-reactive ketones (excluding diaryl/α,β-unsaturated/α-hetero) is 1. The number of amides is 1. The van der Waals surface area contributed by atoms with Gasteiger partial charge in [0.05, 0.1) is 18.2 Å². The van der Waals surface area contributed by atoms with Gasteiger partial charge in [-0.1, -0.05) is 39.8 Å². The zero-order valence-electron chi connectivity index (χ0n) is 23.4. The number of carbonyl (C=O) groups excluding carboxylic acids is 2. The molecular formula is C31H40N2O6. The van der Waals surface area contributed by atoms with Crippen LogP contribution < -0.4 is 14.2 Å². The minimum atomic E-state index is -0.733. The van der Waals surface area contributed by atoms with Gasteiger partial charge in [0.1, 0.15) is 24.7 Å². The molecule has 1 amide bonds. The van der Waals surface area contributed by atoms with E-state index in [1.54, 1.807) is 23.1 Å². The van der Waals surface area contributed by atoms with Crippen molar-refractivity contribution in [3.05, 3.63) is 59.2 Å². The number of hydrogen-bond donors (Lipinski definition) is 1. The van der Waals surface area contributed by atoms with Crippen LogP contribution in [0.2, 0.25) is 0 Å². The maximum Gasteiger partial charge on any atom is 0.295 e. The molecule has 8 nitrogen and oxygen atoms in total. The summed E-state index contributed by atoms with van der Waals surface area (Å²) in [6.07, 6.45) is 1.62. The lowest BCUT2D eigenvalue weighted by Crippen LogP contribution is -2.33. The van der Waals surface area contributed by atoms with Crippen molar-refractivity contribution in [3.8, 4) is 17.2 Å². The minimum Gasteiger partial charge on any atom is -0.507 e. The fourth-order valence-corrected chi connectivity index (χ4v) is 4.99. The lowest BCUT2D eigenvalue weighted by molar-refractivity contribution is -0.140. The Morgan fingerprint density at radius 1 is 1.08 bits per heavy atom. The molecule has 210 valence electrons. The van der Waals surface area contributed by atoms with E-state index in [9.17, 15) is 14.7 Å². The maximum atomic E-state index is 13.4. The average molecular weight is 537 g/mol. The van der Waals surface area contributed by atoms with E-state index in [0.29, 0.717) is 61.5 Å². The number of aliphatic hydroxyl groups excluding tert-OH is 1. The van der Waals surface area contributed by atoms with Crippen molar-refractivity contribution < 1.29 is 28.9 Å². The smallest absolute Gasteiger partial charge is 0.295 e. The lowest BCUT2D eigenvalue weighted by atomic mass is 9.95. The first-order valence-corrected chi connectivity index (χ1v) is 14.0. The zero-order chi connectivity index (χ0) is 27.9. The molecule has 1 fully saturated rings. The van der Waals surface area contributed by atoms with E-state index in [0.717, 1.165) is 31.6 Å². The van der Waals surface area contributed by atoms with Gasteiger partial charge >= 0.3 is 0 Å². The second kappa shape index (κ2) is 13.0. The molecule has 2 heterocycles. The second-order valence-corrected chi connectivity index (χ2v) is 10.3. The van der Waals surface area contributed by atoms with Crippen LogP contribution in [0.3, 0.4) is 0 Å². The molecule has 1 N–H and O–H groups in total. The Balaban J connectivity index is 1.71. The molecule has 8 heteroatoms. The molecule has 1 atom stereocenters. The Kier molecular flexibility index (Phi) is 9.51. The molecule has 0 aromatic heterocycles. The molecule has 0 aliphatic carbocycles. The van der Waals surface area contributed by atoms with Gasteiger partial charge in [0.2, 0.25) is 0 Å². The van der Waals surface area contributed by atoms with Gasteiger partial charge in [0.15, 0.2) is 11.5 Å². The first-order valence-electron chi connectivity index (χ1n) is 14.0. The van der Waals surface area contributed by atoms with Crippen LogP contribution in [-0.2, 0) is 9.59 Å². The van der Waals surface area contributed by atoms with Crippen molar-refractivity contribution >= 4 is 17.4 Å². The van der Waals surface area contributed by atoms with Gasteiger partial charge in [-0.05, 0) is 74.3 Å². The molecule has 0 spiro atoms. The van der Waals surface area contributed by atoms with Gasteiger partial charge in [0.25, 0.3) is 11.7 Å². The van der Waals surface area contributed by atoms with Crippen LogP contribution in [-0.4, -0.2) is 72.6 Å². The van der Waals surface area contributed by atoms with Crippen LogP contribution in [0.1, 0.15) is 57.7 Å². The normalized spacial score (nSPS) is 18.3. The zero-order valence-corrected chi connectivity index (χ0v) is 23.4. The SMILES string of the molecule is CCN(CC)CCCN1C(=O)C(=O)/C(=C(/O)c2ccc3c(c2)OCCO3)[C@H]1c1cccc(OCCC(C)C)c1. The van der Waals surface area contributed by atoms with E-state index < -0.39 is 17.7 Å². The largest absolute Gasteiger partial charge is 0.507 e. The Hall–Kier alpha value is -3.52. The summed E-state index contributed by atoms with van der Waals surface area (Å²) < 4.78 is 17.3. The lowest BCUT2D eigenvalue weighted by Gasteiger charge is -2.27. The summed E-state index contributed by atoms with van der Waals surface area (Å²) in [6.45, 7) is 12.9. The molecule has 0 bridgehead atoms. The van der Waals surface area contributed by atoms with Crippen molar-refractivity contribution in [2.75, 3.05) is 46.0 Å². The number of ether oxygens (including phenoxy) is 3. The van der Waals surface area contributed by atoms with Crippen LogP contribution in [0.5, 0.6) is 17.2 Å². The van der Waals surface area contributed by atoms with Gasteiger partial charge in [-0.2, -0.15) is 0 Å². The summed E-state index contributed by atoms with van der Waals surface area (Å²) in [5.74, 6) is 0.727. The first-order chi connectivity index (χ1) is 18.8. The second-order valence-electron chi connectivity index (χ2n) is 10.3. The van der Waals surface area contributed by atoms with Crippen molar-refractivity contribution in [1.82, 2.24) is 9.80 Å². The highest BCUT2D eigenvalue weighted by atomic mass is 16.6. The number of benzene rings is 2. The molecule has 0 saturated carbocycles. The number of likely N-dealkylation sites (tertiary alicyclic amines) is 1. The molecule has 39 heavy (non-hydrogen) atoms. The van der Waals surface area contributed by atoms with Crippen molar-refractivity contribution in [1.29, 1.82) is 0 Å². The molecule has 0 radical (unpaired) electrons. The summed E-state index contributed by atoms with van der Waals surface area (Å²) in [5.41, 5.74) is 1.19. The Morgan fingerprint density at radius 2 is 1.82 bits per heavy atom. The highest BCUT2D eigenvalue weighted by Crippen LogP contribution is 2.41. The van der Waals surface area contributed by atoms with Gasteiger partial charge in [0, 0.05) is 12.1 Å². The first kappa shape index (κ1) is 28.5. The summed E-state index contributed by atoms with van der Waals surface area (Å²) in [7, 11) is 0. The summed E-state index contributed by atoms with van der Waals surface area (Å²) >= 11 is 0. The van der Waals surface area contributed by atoms with Crippen LogP contribution in [0, 0.1) is 5.92 Å². The Labute approximate surface area is 231 Å². The Bertz CT molecular complexity index is 1200.